The summed E-state index contributed by atoms with van der Waals surface area (Å²) in [6, 6.07) is 3.57. The molecule has 1 atom stereocenters. The first-order valence-electron chi connectivity index (χ1n) is 6.67. The van der Waals surface area contributed by atoms with E-state index in [1.54, 1.807) is 17.2 Å². The number of aliphatic hydroxyl groups is 1. The monoisotopic (exact) mass is 263 g/mol. The number of carbonyl (C=O) groups is 1. The van der Waals surface area contributed by atoms with Gasteiger partial charge in [-0.1, -0.05) is 0 Å². The van der Waals surface area contributed by atoms with Gasteiger partial charge in [0.15, 0.2) is 0 Å². The Morgan fingerprint density at radius 3 is 2.84 bits per heavy atom. The molecule has 2 rings (SSSR count). The SMILES string of the molecule is CNc1ccc(C(=O)N2CCCC(C)(O)CC2)nc1. The van der Waals surface area contributed by atoms with Gasteiger partial charge in [-0.15, -0.1) is 0 Å². The van der Waals surface area contributed by atoms with Crippen molar-refractivity contribution in [2.24, 2.45) is 0 Å². The summed E-state index contributed by atoms with van der Waals surface area (Å²) in [6.45, 7) is 3.10. The quantitative estimate of drug-likeness (QED) is 0.848. The second-order valence-electron chi connectivity index (χ2n) is 5.32. The number of hydrogen-bond donors (Lipinski definition) is 2. The molecule has 1 amide bonds. The van der Waals surface area contributed by atoms with Crippen LogP contribution in [0.2, 0.25) is 0 Å². The molecule has 104 valence electrons. The molecule has 1 unspecified atom stereocenters. The van der Waals surface area contributed by atoms with Crippen molar-refractivity contribution in [2.75, 3.05) is 25.5 Å². The standard InChI is InChI=1S/C14H21N3O2/c1-14(19)6-3-8-17(9-7-14)13(18)12-5-4-11(15-2)10-16-12/h4-5,10,15,19H,3,6-9H2,1-2H3. The molecule has 2 heterocycles. The van der Waals surface area contributed by atoms with Crippen LogP contribution in [0.5, 0.6) is 0 Å². The summed E-state index contributed by atoms with van der Waals surface area (Å²) < 4.78 is 0. The normalized spacial score (nSPS) is 23.8. The van der Waals surface area contributed by atoms with Crippen molar-refractivity contribution < 1.29 is 9.90 Å². The molecule has 0 spiro atoms. The summed E-state index contributed by atoms with van der Waals surface area (Å²) in [5.74, 6) is -0.0552. The van der Waals surface area contributed by atoms with Crippen LogP contribution in [0.4, 0.5) is 5.69 Å². The molecule has 0 aliphatic carbocycles. The van der Waals surface area contributed by atoms with Crippen molar-refractivity contribution in [3.63, 3.8) is 0 Å². The van der Waals surface area contributed by atoms with Crippen LogP contribution in [0, 0.1) is 0 Å². The number of carbonyl (C=O) groups excluding carboxylic acids is 1. The summed E-state index contributed by atoms with van der Waals surface area (Å²) in [5, 5.41) is 13.0. The van der Waals surface area contributed by atoms with E-state index in [-0.39, 0.29) is 5.91 Å². The predicted molar refractivity (Wildman–Crippen MR) is 74.2 cm³/mol. The van der Waals surface area contributed by atoms with Gasteiger partial charge >= 0.3 is 0 Å². The Morgan fingerprint density at radius 1 is 1.42 bits per heavy atom. The van der Waals surface area contributed by atoms with E-state index in [2.05, 4.69) is 10.3 Å². The van der Waals surface area contributed by atoms with Gasteiger partial charge < -0.3 is 15.3 Å². The van der Waals surface area contributed by atoms with Gasteiger partial charge in [0.05, 0.1) is 17.5 Å². The van der Waals surface area contributed by atoms with Gasteiger partial charge in [0, 0.05) is 20.1 Å². The van der Waals surface area contributed by atoms with Crippen LogP contribution < -0.4 is 5.32 Å². The number of nitrogens with one attached hydrogen (secondary N) is 1. The first kappa shape index (κ1) is 13.8. The Balaban J connectivity index is 2.06. The number of anilines is 1. The third kappa shape index (κ3) is 3.44. The van der Waals surface area contributed by atoms with E-state index in [1.165, 1.54) is 0 Å². The molecule has 1 aliphatic heterocycles. The lowest BCUT2D eigenvalue weighted by Crippen LogP contribution is -2.34. The van der Waals surface area contributed by atoms with Crippen molar-refractivity contribution in [1.29, 1.82) is 0 Å². The maximum atomic E-state index is 12.3. The van der Waals surface area contributed by atoms with E-state index in [9.17, 15) is 9.90 Å². The molecular formula is C14H21N3O2. The fourth-order valence-corrected chi connectivity index (χ4v) is 2.30. The van der Waals surface area contributed by atoms with Crippen molar-refractivity contribution in [2.45, 2.75) is 31.8 Å². The van der Waals surface area contributed by atoms with Gasteiger partial charge in [-0.05, 0) is 38.3 Å². The zero-order chi connectivity index (χ0) is 13.9. The van der Waals surface area contributed by atoms with E-state index in [4.69, 9.17) is 0 Å². The summed E-state index contributed by atoms with van der Waals surface area (Å²) >= 11 is 0. The Kier molecular flexibility index (Phi) is 4.04. The summed E-state index contributed by atoms with van der Waals surface area (Å²) in [7, 11) is 1.81. The lowest BCUT2D eigenvalue weighted by atomic mass is 9.98. The number of aromatic nitrogens is 1. The second-order valence-corrected chi connectivity index (χ2v) is 5.32. The Labute approximate surface area is 113 Å². The highest BCUT2D eigenvalue weighted by molar-refractivity contribution is 5.92. The minimum Gasteiger partial charge on any atom is -0.390 e. The maximum Gasteiger partial charge on any atom is 0.272 e. The Bertz CT molecular complexity index is 443. The number of hydrogen-bond acceptors (Lipinski definition) is 4. The number of amides is 1. The smallest absolute Gasteiger partial charge is 0.272 e. The van der Waals surface area contributed by atoms with Crippen LogP contribution in [0.25, 0.3) is 0 Å². The highest BCUT2D eigenvalue weighted by Crippen LogP contribution is 2.22. The van der Waals surface area contributed by atoms with E-state index >= 15 is 0 Å². The topological polar surface area (TPSA) is 65.5 Å². The third-order valence-corrected chi connectivity index (χ3v) is 3.62. The van der Waals surface area contributed by atoms with Gasteiger partial charge in [0.1, 0.15) is 5.69 Å². The third-order valence-electron chi connectivity index (χ3n) is 3.62. The van der Waals surface area contributed by atoms with Gasteiger partial charge in [-0.2, -0.15) is 0 Å². The van der Waals surface area contributed by atoms with Crippen LogP contribution in [-0.4, -0.2) is 46.6 Å². The summed E-state index contributed by atoms with van der Waals surface area (Å²) in [6.07, 6.45) is 3.84. The Morgan fingerprint density at radius 2 is 2.21 bits per heavy atom. The first-order chi connectivity index (χ1) is 9.02. The molecular weight excluding hydrogens is 242 g/mol. The van der Waals surface area contributed by atoms with Crippen LogP contribution in [-0.2, 0) is 0 Å². The lowest BCUT2D eigenvalue weighted by molar-refractivity contribution is 0.0437. The van der Waals surface area contributed by atoms with E-state index in [0.29, 0.717) is 25.2 Å². The molecule has 1 saturated heterocycles. The first-order valence-corrected chi connectivity index (χ1v) is 6.67. The molecule has 1 aromatic rings. The fraction of sp³-hybridized carbons (Fsp3) is 0.571. The number of pyridine rings is 1. The van der Waals surface area contributed by atoms with Crippen LogP contribution in [0.15, 0.2) is 18.3 Å². The molecule has 1 aromatic heterocycles. The average molecular weight is 263 g/mol. The number of likely N-dealkylation sites (tertiary alicyclic amines) is 1. The zero-order valence-corrected chi connectivity index (χ0v) is 11.5. The molecule has 0 bridgehead atoms. The van der Waals surface area contributed by atoms with E-state index < -0.39 is 5.60 Å². The van der Waals surface area contributed by atoms with Crippen molar-refractivity contribution in [1.82, 2.24) is 9.88 Å². The zero-order valence-electron chi connectivity index (χ0n) is 11.5. The van der Waals surface area contributed by atoms with E-state index in [1.807, 2.05) is 20.0 Å². The average Bonchev–Trinajstić information content (AvgIpc) is 2.59. The predicted octanol–water partition coefficient (Wildman–Crippen LogP) is 1.50. The largest absolute Gasteiger partial charge is 0.390 e. The molecule has 5 heteroatoms. The highest BCUT2D eigenvalue weighted by atomic mass is 16.3. The molecule has 1 fully saturated rings. The van der Waals surface area contributed by atoms with Crippen LogP contribution in [0.3, 0.4) is 0 Å². The van der Waals surface area contributed by atoms with Gasteiger partial charge in [-0.3, -0.25) is 4.79 Å². The maximum absolute atomic E-state index is 12.3. The fourth-order valence-electron chi connectivity index (χ4n) is 2.30. The number of rotatable bonds is 2. The molecule has 1 aliphatic rings. The second kappa shape index (κ2) is 5.57. The number of nitrogens with zero attached hydrogens (tertiary/aromatic N) is 2. The molecule has 2 N–H and O–H groups in total. The van der Waals surface area contributed by atoms with Crippen molar-refractivity contribution in [3.05, 3.63) is 24.0 Å². The molecule has 19 heavy (non-hydrogen) atoms. The van der Waals surface area contributed by atoms with Crippen molar-refractivity contribution >= 4 is 11.6 Å². The van der Waals surface area contributed by atoms with Crippen LogP contribution in [0.1, 0.15) is 36.7 Å². The van der Waals surface area contributed by atoms with Crippen molar-refractivity contribution in [3.8, 4) is 0 Å². The van der Waals surface area contributed by atoms with Crippen LogP contribution >= 0.6 is 0 Å². The molecule has 0 radical (unpaired) electrons. The summed E-state index contributed by atoms with van der Waals surface area (Å²) in [4.78, 5) is 18.3. The summed E-state index contributed by atoms with van der Waals surface area (Å²) in [5.41, 5.74) is 0.689. The Hall–Kier alpha value is -1.62. The van der Waals surface area contributed by atoms with Gasteiger partial charge in [0.25, 0.3) is 5.91 Å². The molecule has 0 aromatic carbocycles. The highest BCUT2D eigenvalue weighted by Gasteiger charge is 2.27. The minimum absolute atomic E-state index is 0.0552. The molecule has 5 nitrogen and oxygen atoms in total. The van der Waals surface area contributed by atoms with Gasteiger partial charge in [0.2, 0.25) is 0 Å². The van der Waals surface area contributed by atoms with E-state index in [0.717, 1.165) is 18.5 Å². The minimum atomic E-state index is -0.654. The van der Waals surface area contributed by atoms with Gasteiger partial charge in [-0.25, -0.2) is 4.98 Å². The molecule has 0 saturated carbocycles. The lowest BCUT2D eigenvalue weighted by Gasteiger charge is -2.22.